The van der Waals surface area contributed by atoms with Crippen molar-refractivity contribution in [3.8, 4) is 11.6 Å². The number of nitrogens with zero attached hydrogens (tertiary/aromatic N) is 2. The number of nitrogens with one attached hydrogen (secondary N) is 1. The standard InChI is InChI=1S/C28H33N3O3/c1-18(28-14-19-11-20(15-28)13-21(12-19)16-28)30-25(32)8-9-26(33)31-17-22-5-2-3-7-24(22)34-27-23(31)6-4-10-29-27/h2-7,10,18-21H,8-9,11-17H2,1H3,(H,30,32)/t18-,19?,20?,21?,28?/m1/s1. The van der Waals surface area contributed by atoms with Gasteiger partial charge in [-0.25, -0.2) is 4.98 Å². The van der Waals surface area contributed by atoms with Crippen LogP contribution in [0.4, 0.5) is 5.69 Å². The average Bonchev–Trinajstić information content (AvgIpc) is 2.98. The molecule has 4 fully saturated rings. The van der Waals surface area contributed by atoms with Gasteiger partial charge in [0.15, 0.2) is 0 Å². The van der Waals surface area contributed by atoms with E-state index in [4.69, 9.17) is 4.74 Å². The van der Waals surface area contributed by atoms with E-state index in [-0.39, 0.29) is 36.1 Å². The Morgan fingerprint density at radius 1 is 1.06 bits per heavy atom. The third-order valence-electron chi connectivity index (χ3n) is 8.80. The Morgan fingerprint density at radius 3 is 2.50 bits per heavy atom. The first-order valence-electron chi connectivity index (χ1n) is 12.8. The fraction of sp³-hybridized carbons (Fsp3) is 0.536. The number of carbonyl (C=O) groups excluding carboxylic acids is 2. The lowest BCUT2D eigenvalue weighted by atomic mass is 9.48. The lowest BCUT2D eigenvalue weighted by molar-refractivity contribution is -0.128. The largest absolute Gasteiger partial charge is 0.437 e. The average molecular weight is 460 g/mol. The SMILES string of the molecule is C[C@@H](NC(=O)CCC(=O)N1Cc2ccccc2Oc2ncccc21)C12CC3CC(CC(C3)C1)C2. The first-order valence-corrected chi connectivity index (χ1v) is 12.8. The zero-order chi connectivity index (χ0) is 23.3. The smallest absolute Gasteiger partial charge is 0.243 e. The quantitative estimate of drug-likeness (QED) is 0.665. The predicted molar refractivity (Wildman–Crippen MR) is 129 cm³/mol. The first-order chi connectivity index (χ1) is 16.5. The molecule has 2 heterocycles. The fourth-order valence-electron chi connectivity index (χ4n) is 7.51. The van der Waals surface area contributed by atoms with Crippen LogP contribution in [0.5, 0.6) is 11.6 Å². The van der Waals surface area contributed by atoms with Gasteiger partial charge in [0.05, 0.1) is 6.54 Å². The predicted octanol–water partition coefficient (Wildman–Crippen LogP) is 5.22. The van der Waals surface area contributed by atoms with E-state index in [2.05, 4.69) is 17.2 Å². The van der Waals surface area contributed by atoms with Gasteiger partial charge in [-0.05, 0) is 86.8 Å². The number of rotatable bonds is 5. The number of anilines is 1. The molecule has 34 heavy (non-hydrogen) atoms. The molecule has 178 valence electrons. The van der Waals surface area contributed by atoms with E-state index >= 15 is 0 Å². The Kier molecular flexibility index (Phi) is 5.34. The third kappa shape index (κ3) is 3.87. The number of fused-ring (bicyclic) bond motifs is 2. The maximum absolute atomic E-state index is 13.3. The summed E-state index contributed by atoms with van der Waals surface area (Å²) < 4.78 is 5.99. The van der Waals surface area contributed by atoms with Crippen molar-refractivity contribution >= 4 is 17.5 Å². The van der Waals surface area contributed by atoms with Gasteiger partial charge in [0.25, 0.3) is 0 Å². The molecule has 1 N–H and O–H groups in total. The maximum atomic E-state index is 13.3. The van der Waals surface area contributed by atoms with Gasteiger partial charge in [0.1, 0.15) is 11.4 Å². The number of hydrogen-bond acceptors (Lipinski definition) is 4. The van der Waals surface area contributed by atoms with Gasteiger partial charge in [-0.2, -0.15) is 0 Å². The molecule has 0 saturated heterocycles. The summed E-state index contributed by atoms with van der Waals surface area (Å²) in [7, 11) is 0. The second-order valence-electron chi connectivity index (χ2n) is 11.1. The van der Waals surface area contributed by atoms with Crippen LogP contribution in [-0.4, -0.2) is 22.8 Å². The minimum atomic E-state index is -0.0906. The summed E-state index contributed by atoms with van der Waals surface area (Å²) in [5.41, 5.74) is 1.84. The first kappa shape index (κ1) is 21.6. The van der Waals surface area contributed by atoms with Crippen molar-refractivity contribution in [1.82, 2.24) is 10.3 Å². The Labute approximate surface area is 201 Å². The summed E-state index contributed by atoms with van der Waals surface area (Å²) in [6.07, 6.45) is 9.99. The van der Waals surface area contributed by atoms with E-state index in [9.17, 15) is 9.59 Å². The van der Waals surface area contributed by atoms with Gasteiger partial charge >= 0.3 is 0 Å². The number of pyridine rings is 1. The van der Waals surface area contributed by atoms with E-state index < -0.39 is 0 Å². The van der Waals surface area contributed by atoms with Crippen molar-refractivity contribution in [3.05, 3.63) is 48.2 Å². The van der Waals surface area contributed by atoms with Crippen LogP contribution in [0.3, 0.4) is 0 Å². The van der Waals surface area contributed by atoms with E-state index in [1.807, 2.05) is 30.3 Å². The molecule has 1 aromatic carbocycles. The highest BCUT2D eigenvalue weighted by atomic mass is 16.5. The fourth-order valence-corrected chi connectivity index (χ4v) is 7.51. The Morgan fingerprint density at radius 2 is 1.76 bits per heavy atom. The van der Waals surface area contributed by atoms with Crippen LogP contribution in [-0.2, 0) is 16.1 Å². The van der Waals surface area contributed by atoms with Crippen molar-refractivity contribution in [2.75, 3.05) is 4.90 Å². The molecule has 5 aliphatic rings. The molecule has 1 aromatic heterocycles. The number of hydrogen-bond donors (Lipinski definition) is 1. The zero-order valence-corrected chi connectivity index (χ0v) is 19.8. The number of carbonyl (C=O) groups is 2. The minimum Gasteiger partial charge on any atom is -0.437 e. The topological polar surface area (TPSA) is 71.5 Å². The molecule has 7 rings (SSSR count). The molecule has 2 amide bonds. The Bertz CT molecular complexity index is 1080. The number of benzene rings is 1. The van der Waals surface area contributed by atoms with Crippen LogP contribution in [0, 0.1) is 23.2 Å². The minimum absolute atomic E-state index is 0.0190. The second-order valence-corrected chi connectivity index (χ2v) is 11.1. The molecule has 6 heteroatoms. The Hall–Kier alpha value is -2.89. The molecule has 4 bridgehead atoms. The van der Waals surface area contributed by atoms with Gasteiger partial charge in [0.2, 0.25) is 17.7 Å². The van der Waals surface area contributed by atoms with Crippen molar-refractivity contribution < 1.29 is 14.3 Å². The van der Waals surface area contributed by atoms with E-state index in [1.54, 1.807) is 17.2 Å². The highest BCUT2D eigenvalue weighted by molar-refractivity contribution is 5.96. The zero-order valence-electron chi connectivity index (χ0n) is 19.8. The van der Waals surface area contributed by atoms with Crippen molar-refractivity contribution in [3.63, 3.8) is 0 Å². The van der Waals surface area contributed by atoms with E-state index in [1.165, 1.54) is 38.5 Å². The summed E-state index contributed by atoms with van der Waals surface area (Å²) in [5.74, 6) is 3.58. The maximum Gasteiger partial charge on any atom is 0.243 e. The van der Waals surface area contributed by atoms with E-state index in [0.29, 0.717) is 23.9 Å². The lowest BCUT2D eigenvalue weighted by Crippen LogP contribution is -2.55. The van der Waals surface area contributed by atoms with Crippen LogP contribution in [0.25, 0.3) is 0 Å². The highest BCUT2D eigenvalue weighted by Crippen LogP contribution is 2.61. The molecular weight excluding hydrogens is 426 g/mol. The molecule has 6 nitrogen and oxygen atoms in total. The third-order valence-corrected chi connectivity index (χ3v) is 8.80. The van der Waals surface area contributed by atoms with Crippen molar-refractivity contribution in [1.29, 1.82) is 0 Å². The molecule has 1 atom stereocenters. The molecule has 2 aromatic rings. The molecule has 0 spiro atoms. The van der Waals surface area contributed by atoms with Gasteiger partial charge < -0.3 is 15.0 Å². The van der Waals surface area contributed by atoms with Crippen LogP contribution in [0.1, 0.15) is 63.9 Å². The number of ether oxygens (including phenoxy) is 1. The normalized spacial score (nSPS) is 29.4. The lowest BCUT2D eigenvalue weighted by Gasteiger charge is -2.59. The van der Waals surface area contributed by atoms with Crippen LogP contribution in [0.15, 0.2) is 42.6 Å². The number of aromatic nitrogens is 1. The van der Waals surface area contributed by atoms with Gasteiger partial charge in [0, 0.05) is 30.6 Å². The van der Waals surface area contributed by atoms with Gasteiger partial charge in [-0.1, -0.05) is 18.2 Å². The summed E-state index contributed by atoms with van der Waals surface area (Å²) in [4.78, 5) is 32.3. The number of amides is 2. The monoisotopic (exact) mass is 459 g/mol. The van der Waals surface area contributed by atoms with Crippen LogP contribution >= 0.6 is 0 Å². The molecular formula is C28H33N3O3. The van der Waals surface area contributed by atoms with Crippen molar-refractivity contribution in [2.24, 2.45) is 23.2 Å². The second kappa shape index (κ2) is 8.40. The van der Waals surface area contributed by atoms with Crippen LogP contribution < -0.4 is 15.0 Å². The van der Waals surface area contributed by atoms with E-state index in [0.717, 1.165) is 23.3 Å². The molecule has 0 radical (unpaired) electrons. The highest BCUT2D eigenvalue weighted by Gasteiger charge is 2.53. The molecule has 1 aliphatic heterocycles. The van der Waals surface area contributed by atoms with Gasteiger partial charge in [-0.3, -0.25) is 9.59 Å². The Balaban J connectivity index is 1.11. The summed E-state index contributed by atoms with van der Waals surface area (Å²) in [6, 6.07) is 11.5. The number of para-hydroxylation sites is 1. The summed E-state index contributed by atoms with van der Waals surface area (Å²) in [6.45, 7) is 2.59. The molecule has 4 saturated carbocycles. The summed E-state index contributed by atoms with van der Waals surface area (Å²) >= 11 is 0. The summed E-state index contributed by atoms with van der Waals surface area (Å²) in [5, 5.41) is 3.30. The van der Waals surface area contributed by atoms with Crippen molar-refractivity contribution in [2.45, 2.75) is 70.9 Å². The molecule has 4 aliphatic carbocycles. The molecule has 0 unspecified atom stereocenters. The van der Waals surface area contributed by atoms with Gasteiger partial charge in [-0.15, -0.1) is 0 Å². The van der Waals surface area contributed by atoms with Crippen LogP contribution in [0.2, 0.25) is 0 Å².